The van der Waals surface area contributed by atoms with Gasteiger partial charge in [-0.05, 0) is 43.2 Å². The molecule has 0 aromatic heterocycles. The highest BCUT2D eigenvalue weighted by molar-refractivity contribution is 5.32. The van der Waals surface area contributed by atoms with Gasteiger partial charge in [0, 0.05) is 0 Å². The molecule has 1 fully saturated rings. The zero-order chi connectivity index (χ0) is 13.9. The molecule has 2 nitrogen and oxygen atoms in total. The SMILES string of the molecule is CC(OC1CCCC1)C(C)(C)Cc1ccccc1O. The maximum Gasteiger partial charge on any atom is 0.118 e. The van der Waals surface area contributed by atoms with Crippen LogP contribution < -0.4 is 0 Å². The first-order chi connectivity index (χ1) is 8.99. The number of benzene rings is 1. The van der Waals surface area contributed by atoms with Gasteiger partial charge in [-0.25, -0.2) is 0 Å². The number of rotatable bonds is 5. The molecule has 1 N–H and O–H groups in total. The normalized spacial score (nSPS) is 18.7. The summed E-state index contributed by atoms with van der Waals surface area (Å²) in [5.41, 5.74) is 1.04. The van der Waals surface area contributed by atoms with Gasteiger partial charge in [0.25, 0.3) is 0 Å². The second-order valence-electron chi connectivity index (χ2n) is 6.48. The molecule has 2 heteroatoms. The highest BCUT2D eigenvalue weighted by Gasteiger charge is 2.30. The smallest absolute Gasteiger partial charge is 0.118 e. The number of aromatic hydroxyl groups is 1. The fourth-order valence-electron chi connectivity index (χ4n) is 2.79. The third-order valence-electron chi connectivity index (χ3n) is 4.44. The summed E-state index contributed by atoms with van der Waals surface area (Å²) in [6.07, 6.45) is 6.50. The minimum absolute atomic E-state index is 0.0292. The maximum absolute atomic E-state index is 9.90. The van der Waals surface area contributed by atoms with Crippen molar-refractivity contribution < 1.29 is 9.84 Å². The second-order valence-corrected chi connectivity index (χ2v) is 6.48. The molecule has 0 spiro atoms. The Balaban J connectivity index is 1.98. The summed E-state index contributed by atoms with van der Waals surface area (Å²) in [4.78, 5) is 0. The molecule has 1 aliphatic rings. The Bertz CT molecular complexity index is 405. The van der Waals surface area contributed by atoms with Gasteiger partial charge >= 0.3 is 0 Å². The summed E-state index contributed by atoms with van der Waals surface area (Å²) in [5, 5.41) is 9.90. The average molecular weight is 262 g/mol. The van der Waals surface area contributed by atoms with Crippen molar-refractivity contribution in [3.63, 3.8) is 0 Å². The fraction of sp³-hybridized carbons (Fsp3) is 0.647. The molecule has 1 atom stereocenters. The summed E-state index contributed by atoms with van der Waals surface area (Å²) in [6, 6.07) is 7.60. The molecule has 1 saturated carbocycles. The van der Waals surface area contributed by atoms with Gasteiger partial charge < -0.3 is 9.84 Å². The van der Waals surface area contributed by atoms with Crippen LogP contribution in [0.3, 0.4) is 0 Å². The molecule has 1 aliphatic carbocycles. The summed E-state index contributed by atoms with van der Waals surface area (Å²) in [6.45, 7) is 6.61. The van der Waals surface area contributed by atoms with Crippen LogP contribution in [0.5, 0.6) is 5.75 Å². The predicted octanol–water partition coefficient (Wildman–Crippen LogP) is 4.31. The van der Waals surface area contributed by atoms with E-state index in [4.69, 9.17) is 4.74 Å². The van der Waals surface area contributed by atoms with E-state index in [0.29, 0.717) is 11.9 Å². The molecule has 2 rings (SSSR count). The lowest BCUT2D eigenvalue weighted by atomic mass is 9.80. The van der Waals surface area contributed by atoms with Gasteiger partial charge in [-0.15, -0.1) is 0 Å². The van der Waals surface area contributed by atoms with Gasteiger partial charge in [0.15, 0.2) is 0 Å². The Kier molecular flexibility index (Phi) is 4.51. The van der Waals surface area contributed by atoms with Crippen molar-refractivity contribution in [3.8, 4) is 5.75 Å². The summed E-state index contributed by atoms with van der Waals surface area (Å²) >= 11 is 0. The highest BCUT2D eigenvalue weighted by atomic mass is 16.5. The number of para-hydroxylation sites is 1. The molecular formula is C17H26O2. The van der Waals surface area contributed by atoms with Crippen LogP contribution in [0.25, 0.3) is 0 Å². The molecule has 0 radical (unpaired) electrons. The van der Waals surface area contributed by atoms with E-state index in [9.17, 15) is 5.11 Å². The Hall–Kier alpha value is -1.02. The van der Waals surface area contributed by atoms with Crippen LogP contribution in [0.1, 0.15) is 52.0 Å². The average Bonchev–Trinajstić information content (AvgIpc) is 2.84. The first-order valence-electron chi connectivity index (χ1n) is 7.41. The number of phenolic OH excluding ortho intramolecular Hbond substituents is 1. The molecule has 0 amide bonds. The summed E-state index contributed by atoms with van der Waals surface area (Å²) in [7, 11) is 0. The first kappa shape index (κ1) is 14.4. The van der Waals surface area contributed by atoms with Gasteiger partial charge in [0.2, 0.25) is 0 Å². The molecule has 1 aromatic carbocycles. The van der Waals surface area contributed by atoms with Crippen LogP contribution in [0, 0.1) is 5.41 Å². The predicted molar refractivity (Wildman–Crippen MR) is 78.4 cm³/mol. The van der Waals surface area contributed by atoms with Crippen molar-refractivity contribution in [2.45, 2.75) is 65.1 Å². The zero-order valence-electron chi connectivity index (χ0n) is 12.4. The van der Waals surface area contributed by atoms with E-state index >= 15 is 0 Å². The van der Waals surface area contributed by atoms with Crippen LogP contribution in [0.15, 0.2) is 24.3 Å². The third kappa shape index (κ3) is 3.73. The van der Waals surface area contributed by atoms with E-state index in [1.807, 2.05) is 18.2 Å². The van der Waals surface area contributed by atoms with E-state index in [1.54, 1.807) is 6.07 Å². The van der Waals surface area contributed by atoms with Crippen LogP contribution in [-0.2, 0) is 11.2 Å². The van der Waals surface area contributed by atoms with Crippen LogP contribution in [-0.4, -0.2) is 17.3 Å². The van der Waals surface area contributed by atoms with Crippen molar-refractivity contribution in [3.05, 3.63) is 29.8 Å². The van der Waals surface area contributed by atoms with Crippen LogP contribution >= 0.6 is 0 Å². The molecule has 106 valence electrons. The minimum atomic E-state index is 0.0292. The first-order valence-corrected chi connectivity index (χ1v) is 7.41. The Morgan fingerprint density at radius 1 is 1.26 bits per heavy atom. The zero-order valence-corrected chi connectivity index (χ0v) is 12.4. The maximum atomic E-state index is 9.90. The van der Waals surface area contributed by atoms with E-state index in [-0.39, 0.29) is 11.5 Å². The van der Waals surface area contributed by atoms with Crippen molar-refractivity contribution in [2.24, 2.45) is 5.41 Å². The fourth-order valence-corrected chi connectivity index (χ4v) is 2.79. The third-order valence-corrected chi connectivity index (χ3v) is 4.44. The van der Waals surface area contributed by atoms with Crippen molar-refractivity contribution >= 4 is 0 Å². The lowest BCUT2D eigenvalue weighted by Gasteiger charge is -2.34. The summed E-state index contributed by atoms with van der Waals surface area (Å²) in [5.74, 6) is 0.392. The van der Waals surface area contributed by atoms with E-state index < -0.39 is 0 Å². The number of phenols is 1. The molecule has 0 bridgehead atoms. The molecule has 1 unspecified atom stereocenters. The van der Waals surface area contributed by atoms with E-state index in [2.05, 4.69) is 20.8 Å². The van der Waals surface area contributed by atoms with Gasteiger partial charge in [-0.3, -0.25) is 0 Å². The molecule has 1 aromatic rings. The number of ether oxygens (including phenoxy) is 1. The van der Waals surface area contributed by atoms with Gasteiger partial charge in [0.05, 0.1) is 12.2 Å². The van der Waals surface area contributed by atoms with Crippen molar-refractivity contribution in [1.29, 1.82) is 0 Å². The number of hydrogen-bond acceptors (Lipinski definition) is 2. The molecule has 0 heterocycles. The minimum Gasteiger partial charge on any atom is -0.508 e. The lowest BCUT2D eigenvalue weighted by molar-refractivity contribution is -0.0584. The van der Waals surface area contributed by atoms with E-state index in [0.717, 1.165) is 12.0 Å². The van der Waals surface area contributed by atoms with Gasteiger partial charge in [-0.2, -0.15) is 0 Å². The van der Waals surface area contributed by atoms with E-state index in [1.165, 1.54) is 25.7 Å². The monoisotopic (exact) mass is 262 g/mol. The van der Waals surface area contributed by atoms with Gasteiger partial charge in [-0.1, -0.05) is 44.9 Å². The van der Waals surface area contributed by atoms with Crippen molar-refractivity contribution in [2.75, 3.05) is 0 Å². The molecular weight excluding hydrogens is 236 g/mol. The second kappa shape index (κ2) is 5.96. The summed E-state index contributed by atoms with van der Waals surface area (Å²) < 4.78 is 6.21. The lowest BCUT2D eigenvalue weighted by Crippen LogP contribution is -2.34. The molecule has 0 aliphatic heterocycles. The Labute approximate surface area is 116 Å². The Morgan fingerprint density at radius 2 is 1.89 bits per heavy atom. The van der Waals surface area contributed by atoms with Crippen LogP contribution in [0.2, 0.25) is 0 Å². The van der Waals surface area contributed by atoms with Gasteiger partial charge in [0.1, 0.15) is 5.75 Å². The number of hydrogen-bond donors (Lipinski definition) is 1. The Morgan fingerprint density at radius 3 is 2.53 bits per heavy atom. The highest BCUT2D eigenvalue weighted by Crippen LogP contribution is 2.34. The molecule has 0 saturated heterocycles. The largest absolute Gasteiger partial charge is 0.508 e. The molecule has 19 heavy (non-hydrogen) atoms. The topological polar surface area (TPSA) is 29.5 Å². The van der Waals surface area contributed by atoms with Crippen molar-refractivity contribution in [1.82, 2.24) is 0 Å². The standard InChI is InChI=1S/C17H26O2/c1-13(19-15-9-5-6-10-15)17(2,3)12-14-8-4-7-11-16(14)18/h4,7-8,11,13,15,18H,5-6,9-10,12H2,1-3H3. The quantitative estimate of drug-likeness (QED) is 0.857. The van der Waals surface area contributed by atoms with Crippen LogP contribution in [0.4, 0.5) is 0 Å².